The van der Waals surface area contributed by atoms with Gasteiger partial charge < -0.3 is 15.1 Å². The molecule has 5 heteroatoms. The van der Waals surface area contributed by atoms with Gasteiger partial charge in [0, 0.05) is 35.8 Å². The number of carboxylic acids is 1. The summed E-state index contributed by atoms with van der Waals surface area (Å²) < 4.78 is 0. The first-order valence-electron chi connectivity index (χ1n) is 11.2. The third-order valence-electron chi connectivity index (χ3n) is 7.21. The number of fused-ring (bicyclic) bond motifs is 1. The second-order valence-electron chi connectivity index (χ2n) is 9.08. The van der Waals surface area contributed by atoms with Crippen molar-refractivity contribution in [3.63, 3.8) is 0 Å². The number of hydrogen-bond donors (Lipinski definition) is 2. The molecule has 0 saturated heterocycles. The number of halogens is 1. The van der Waals surface area contributed by atoms with Crippen LogP contribution in [0.3, 0.4) is 0 Å². The lowest BCUT2D eigenvalue weighted by molar-refractivity contribution is -0.152. The fraction of sp³-hybridized carbons (Fsp3) is 0.250. The van der Waals surface area contributed by atoms with E-state index in [9.17, 15) is 15.0 Å². The first-order chi connectivity index (χ1) is 15.9. The van der Waals surface area contributed by atoms with Gasteiger partial charge in [-0.15, -0.1) is 0 Å². The molecule has 168 valence electrons. The fourth-order valence-electron chi connectivity index (χ4n) is 5.67. The van der Waals surface area contributed by atoms with Gasteiger partial charge in [-0.1, -0.05) is 84.4 Å². The number of hydrogen-bond acceptors (Lipinski definition) is 3. The quantitative estimate of drug-likeness (QED) is 0.523. The molecule has 4 nitrogen and oxygen atoms in total. The van der Waals surface area contributed by atoms with Crippen molar-refractivity contribution in [3.8, 4) is 0 Å². The molecule has 0 amide bonds. The highest BCUT2D eigenvalue weighted by atomic mass is 35.5. The normalized spacial score (nSPS) is 26.5. The topological polar surface area (TPSA) is 60.8 Å². The molecule has 0 spiro atoms. The van der Waals surface area contributed by atoms with Gasteiger partial charge in [-0.2, -0.15) is 0 Å². The van der Waals surface area contributed by atoms with Crippen LogP contribution in [0.2, 0.25) is 5.02 Å². The van der Waals surface area contributed by atoms with Crippen molar-refractivity contribution >= 4 is 17.6 Å². The minimum atomic E-state index is -1.38. The first kappa shape index (κ1) is 21.7. The molecule has 0 bridgehead atoms. The third kappa shape index (κ3) is 3.64. The maximum atomic E-state index is 13.1. The van der Waals surface area contributed by atoms with Gasteiger partial charge in [-0.05, 0) is 41.7 Å². The Bertz CT molecular complexity index is 1180. The van der Waals surface area contributed by atoms with Crippen molar-refractivity contribution < 1.29 is 15.0 Å². The molecule has 1 aliphatic heterocycles. The van der Waals surface area contributed by atoms with Gasteiger partial charge in [0.1, 0.15) is 11.0 Å². The summed E-state index contributed by atoms with van der Waals surface area (Å²) in [5.74, 6) is -1.14. The van der Waals surface area contributed by atoms with Gasteiger partial charge in [0.2, 0.25) is 0 Å². The molecule has 33 heavy (non-hydrogen) atoms. The molecule has 0 aromatic heterocycles. The molecule has 1 fully saturated rings. The van der Waals surface area contributed by atoms with Gasteiger partial charge in [-0.25, -0.2) is 0 Å². The molecule has 3 atom stereocenters. The lowest BCUT2D eigenvalue weighted by atomic mass is 9.56. The summed E-state index contributed by atoms with van der Waals surface area (Å²) >= 11 is 6.10. The second kappa shape index (κ2) is 8.36. The SMILES string of the molecule is O=C(O)C12CN(Cc3ccccc3)C=C1C(O)(c1ccc(Cl)cc1)CCC2c1ccccc1. The molecule has 1 aliphatic carbocycles. The van der Waals surface area contributed by atoms with E-state index in [1.54, 1.807) is 24.3 Å². The average molecular weight is 460 g/mol. The third-order valence-corrected chi connectivity index (χ3v) is 7.47. The zero-order chi connectivity index (χ0) is 23.1. The Balaban J connectivity index is 1.64. The lowest BCUT2D eigenvalue weighted by Gasteiger charge is -2.48. The van der Waals surface area contributed by atoms with Crippen LogP contribution in [0.5, 0.6) is 0 Å². The number of carboxylic acid groups (broad SMARTS) is 1. The maximum Gasteiger partial charge on any atom is 0.316 e. The van der Waals surface area contributed by atoms with E-state index in [1.165, 1.54) is 0 Å². The molecule has 2 aliphatic rings. The molecule has 0 radical (unpaired) electrons. The number of carbonyl (C=O) groups is 1. The van der Waals surface area contributed by atoms with Crippen LogP contribution in [0.4, 0.5) is 0 Å². The van der Waals surface area contributed by atoms with Crippen molar-refractivity contribution in [1.29, 1.82) is 0 Å². The van der Waals surface area contributed by atoms with Crippen molar-refractivity contribution in [1.82, 2.24) is 4.90 Å². The van der Waals surface area contributed by atoms with E-state index < -0.39 is 17.0 Å². The van der Waals surface area contributed by atoms with Crippen LogP contribution >= 0.6 is 11.6 Å². The molecule has 5 rings (SSSR count). The van der Waals surface area contributed by atoms with E-state index in [-0.39, 0.29) is 5.92 Å². The van der Waals surface area contributed by atoms with Crippen LogP contribution in [-0.4, -0.2) is 27.6 Å². The molecule has 1 heterocycles. The molecule has 3 aromatic rings. The van der Waals surface area contributed by atoms with Crippen molar-refractivity contribution in [2.45, 2.75) is 30.9 Å². The number of aliphatic carboxylic acids is 1. The van der Waals surface area contributed by atoms with Gasteiger partial charge >= 0.3 is 5.97 Å². The van der Waals surface area contributed by atoms with Gasteiger partial charge in [0.15, 0.2) is 0 Å². The van der Waals surface area contributed by atoms with E-state index in [4.69, 9.17) is 11.6 Å². The highest BCUT2D eigenvalue weighted by Gasteiger charge is 2.62. The molecule has 3 unspecified atom stereocenters. The summed E-state index contributed by atoms with van der Waals surface area (Å²) in [5.41, 5.74) is 0.714. The standard InChI is InChI=1S/C28H26ClNO3/c29-23-13-11-22(12-14-23)28(33)16-15-24(21-9-5-2-6-10-21)27(26(31)32)19-30(18-25(27)28)17-20-7-3-1-4-8-20/h1-14,18,24,33H,15-17,19H2,(H,31,32). The van der Waals surface area contributed by atoms with Crippen molar-refractivity contribution in [2.24, 2.45) is 5.41 Å². The summed E-state index contributed by atoms with van der Waals surface area (Å²) in [6, 6.07) is 26.9. The van der Waals surface area contributed by atoms with E-state index in [0.29, 0.717) is 42.1 Å². The minimum Gasteiger partial charge on any atom is -0.481 e. The predicted octanol–water partition coefficient (Wildman–Crippen LogP) is 5.58. The highest BCUT2D eigenvalue weighted by molar-refractivity contribution is 6.30. The molecular formula is C28H26ClNO3. The van der Waals surface area contributed by atoms with Crippen LogP contribution < -0.4 is 0 Å². The highest BCUT2D eigenvalue weighted by Crippen LogP contribution is 2.60. The Hall–Kier alpha value is -3.08. The average Bonchev–Trinajstić information content (AvgIpc) is 3.22. The van der Waals surface area contributed by atoms with E-state index in [1.807, 2.05) is 71.8 Å². The van der Waals surface area contributed by atoms with Crippen molar-refractivity contribution in [3.05, 3.63) is 118 Å². The Morgan fingerprint density at radius 1 is 0.970 bits per heavy atom. The molecule has 2 N–H and O–H groups in total. The van der Waals surface area contributed by atoms with Crippen LogP contribution in [0.25, 0.3) is 0 Å². The summed E-state index contributed by atoms with van der Waals surface area (Å²) in [7, 11) is 0. The molecule has 1 saturated carbocycles. The Labute approximate surface area is 198 Å². The predicted molar refractivity (Wildman–Crippen MR) is 129 cm³/mol. The number of rotatable bonds is 5. The monoisotopic (exact) mass is 459 g/mol. The van der Waals surface area contributed by atoms with Crippen LogP contribution in [0.1, 0.15) is 35.4 Å². The first-order valence-corrected chi connectivity index (χ1v) is 11.6. The van der Waals surface area contributed by atoms with Crippen LogP contribution in [-0.2, 0) is 16.9 Å². The van der Waals surface area contributed by atoms with Gasteiger partial charge in [0.25, 0.3) is 0 Å². The van der Waals surface area contributed by atoms with E-state index in [0.717, 1.165) is 11.1 Å². The number of aliphatic hydroxyl groups is 1. The van der Waals surface area contributed by atoms with Crippen molar-refractivity contribution in [2.75, 3.05) is 6.54 Å². The molecule has 3 aromatic carbocycles. The van der Waals surface area contributed by atoms with Crippen LogP contribution in [0, 0.1) is 5.41 Å². The minimum absolute atomic E-state index is 0.240. The molecular weight excluding hydrogens is 434 g/mol. The summed E-state index contributed by atoms with van der Waals surface area (Å²) in [5, 5.41) is 23.4. The number of nitrogens with zero attached hydrogens (tertiary/aromatic N) is 1. The fourth-order valence-corrected chi connectivity index (χ4v) is 5.80. The van der Waals surface area contributed by atoms with E-state index >= 15 is 0 Å². The smallest absolute Gasteiger partial charge is 0.316 e. The largest absolute Gasteiger partial charge is 0.481 e. The van der Waals surface area contributed by atoms with E-state index in [2.05, 4.69) is 0 Å². The zero-order valence-corrected chi connectivity index (χ0v) is 18.9. The summed E-state index contributed by atoms with van der Waals surface area (Å²) in [4.78, 5) is 15.2. The Morgan fingerprint density at radius 3 is 2.24 bits per heavy atom. The van der Waals surface area contributed by atoms with Gasteiger partial charge in [0.05, 0.1) is 0 Å². The summed E-state index contributed by atoms with van der Waals surface area (Å²) in [6.07, 6.45) is 2.89. The Kier molecular flexibility index (Phi) is 5.51. The van der Waals surface area contributed by atoms with Gasteiger partial charge in [-0.3, -0.25) is 4.79 Å². The summed E-state index contributed by atoms with van der Waals surface area (Å²) in [6.45, 7) is 0.888. The van der Waals surface area contributed by atoms with Crippen LogP contribution in [0.15, 0.2) is 96.7 Å². The zero-order valence-electron chi connectivity index (χ0n) is 18.2. The lowest BCUT2D eigenvalue weighted by Crippen LogP contribution is -2.51. The maximum absolute atomic E-state index is 13.1. The second-order valence-corrected chi connectivity index (χ2v) is 9.52. The Morgan fingerprint density at radius 2 is 1.61 bits per heavy atom. The number of benzene rings is 3.